The molecule has 0 aliphatic carbocycles. The number of esters is 1. The number of carbonyl (C=O) groups is 2. The molecule has 0 bridgehead atoms. The highest BCUT2D eigenvalue weighted by atomic mass is 16.5. The summed E-state index contributed by atoms with van der Waals surface area (Å²) in [4.78, 5) is 26.4. The van der Waals surface area contributed by atoms with Crippen LogP contribution in [0, 0.1) is 0 Å². The first-order valence-electron chi connectivity index (χ1n) is 9.98. The number of benzene rings is 1. The zero-order valence-electron chi connectivity index (χ0n) is 17.5. The molecule has 0 saturated carbocycles. The Labute approximate surface area is 171 Å². The minimum atomic E-state index is -0.606. The monoisotopic (exact) mass is 405 g/mol. The van der Waals surface area contributed by atoms with Gasteiger partial charge in [-0.3, -0.25) is 0 Å². The second-order valence-electron chi connectivity index (χ2n) is 6.81. The van der Waals surface area contributed by atoms with E-state index < -0.39 is 18.1 Å². The van der Waals surface area contributed by atoms with Crippen LogP contribution in [0.4, 0.5) is 4.79 Å². The largest absolute Gasteiger partial charge is 0.491 e. The lowest BCUT2D eigenvalue weighted by Crippen LogP contribution is -2.45. The molecule has 1 aromatic rings. The molecule has 0 aromatic heterocycles. The zero-order chi connectivity index (χ0) is 21.4. The Hall–Kier alpha value is -2.58. The quantitative estimate of drug-likeness (QED) is 0.515. The van der Waals surface area contributed by atoms with Gasteiger partial charge in [-0.25, -0.2) is 9.59 Å². The van der Waals surface area contributed by atoms with E-state index >= 15 is 0 Å². The van der Waals surface area contributed by atoms with Crippen LogP contribution in [0.1, 0.15) is 39.3 Å². The van der Waals surface area contributed by atoms with E-state index in [9.17, 15) is 14.7 Å². The summed E-state index contributed by atoms with van der Waals surface area (Å²) in [7, 11) is 0. The Morgan fingerprint density at radius 3 is 2.45 bits per heavy atom. The topological polar surface area (TPSA) is 100 Å². The molecule has 0 radical (unpaired) electrons. The fourth-order valence-electron chi connectivity index (χ4n) is 3.20. The van der Waals surface area contributed by atoms with Crippen molar-refractivity contribution in [3.63, 3.8) is 0 Å². The first kappa shape index (κ1) is 22.7. The van der Waals surface area contributed by atoms with Gasteiger partial charge in [0.25, 0.3) is 0 Å². The number of urea groups is 1. The van der Waals surface area contributed by atoms with Crippen molar-refractivity contribution < 1.29 is 24.2 Å². The maximum absolute atomic E-state index is 12.4. The molecule has 29 heavy (non-hydrogen) atoms. The number of aliphatic hydroxyl groups excluding tert-OH is 1. The van der Waals surface area contributed by atoms with Gasteiger partial charge in [-0.1, -0.05) is 26.0 Å². The standard InChI is InChI=1S/C21H31N3O5/c1-5-24(6-2)12-16(25)13-29-17-10-8-15(9-11-17)19-18(20(26)28-7-3)14(4)22-21(27)23-19/h8-11,16,19,25H,5-7,12-13H2,1-4H3,(H2,22,23,27). The van der Waals surface area contributed by atoms with Gasteiger partial charge in [-0.05, 0) is 44.6 Å². The molecule has 2 amide bonds. The fraction of sp³-hybridized carbons (Fsp3) is 0.524. The van der Waals surface area contributed by atoms with E-state index in [1.165, 1.54) is 0 Å². The molecule has 1 aromatic carbocycles. The summed E-state index contributed by atoms with van der Waals surface area (Å²) < 4.78 is 10.8. The highest BCUT2D eigenvalue weighted by molar-refractivity contribution is 5.95. The van der Waals surface area contributed by atoms with Crippen molar-refractivity contribution in [3.8, 4) is 5.75 Å². The molecule has 1 aliphatic rings. The second kappa shape index (κ2) is 10.8. The summed E-state index contributed by atoms with van der Waals surface area (Å²) in [5.74, 6) is 0.133. The van der Waals surface area contributed by atoms with Crippen LogP contribution in [0.3, 0.4) is 0 Å². The summed E-state index contributed by atoms with van der Waals surface area (Å²) in [5, 5.41) is 15.5. The van der Waals surface area contributed by atoms with Crippen molar-refractivity contribution in [1.29, 1.82) is 0 Å². The van der Waals surface area contributed by atoms with Crippen LogP contribution < -0.4 is 15.4 Å². The van der Waals surface area contributed by atoms with Crippen molar-refractivity contribution >= 4 is 12.0 Å². The van der Waals surface area contributed by atoms with E-state index in [0.717, 1.165) is 18.7 Å². The molecule has 160 valence electrons. The second-order valence-corrected chi connectivity index (χ2v) is 6.81. The highest BCUT2D eigenvalue weighted by Crippen LogP contribution is 2.28. The van der Waals surface area contributed by atoms with Gasteiger partial charge in [-0.2, -0.15) is 0 Å². The molecular weight excluding hydrogens is 374 g/mol. The SMILES string of the molecule is CCOC(=O)C1=C(C)NC(=O)NC1c1ccc(OCC(O)CN(CC)CC)cc1. The van der Waals surface area contributed by atoms with Crippen LogP contribution >= 0.6 is 0 Å². The lowest BCUT2D eigenvalue weighted by atomic mass is 9.95. The van der Waals surface area contributed by atoms with Gasteiger partial charge < -0.3 is 30.1 Å². The summed E-state index contributed by atoms with van der Waals surface area (Å²) in [6.45, 7) is 10.3. The molecule has 0 fully saturated rings. The Morgan fingerprint density at radius 2 is 1.86 bits per heavy atom. The highest BCUT2D eigenvalue weighted by Gasteiger charge is 2.32. The molecule has 2 rings (SSSR count). The predicted octanol–water partition coefficient (Wildman–Crippen LogP) is 1.96. The van der Waals surface area contributed by atoms with Crippen molar-refractivity contribution in [2.45, 2.75) is 39.8 Å². The van der Waals surface area contributed by atoms with Crippen molar-refractivity contribution in [3.05, 3.63) is 41.1 Å². The Morgan fingerprint density at radius 1 is 1.21 bits per heavy atom. The number of aliphatic hydroxyl groups is 1. The molecule has 2 unspecified atom stereocenters. The lowest BCUT2D eigenvalue weighted by molar-refractivity contribution is -0.139. The van der Waals surface area contributed by atoms with Gasteiger partial charge in [0.2, 0.25) is 0 Å². The first-order valence-corrected chi connectivity index (χ1v) is 9.98. The Kier molecular flexibility index (Phi) is 8.48. The average Bonchev–Trinajstić information content (AvgIpc) is 2.70. The summed E-state index contributed by atoms with van der Waals surface area (Å²) in [6, 6.07) is 6.10. The molecular formula is C21H31N3O5. The van der Waals surface area contributed by atoms with Gasteiger partial charge in [0.05, 0.1) is 18.2 Å². The third-order valence-electron chi connectivity index (χ3n) is 4.78. The van der Waals surface area contributed by atoms with E-state index in [4.69, 9.17) is 9.47 Å². The van der Waals surface area contributed by atoms with E-state index in [-0.39, 0.29) is 19.2 Å². The minimum Gasteiger partial charge on any atom is -0.491 e. The third kappa shape index (κ3) is 6.20. The molecule has 2 atom stereocenters. The van der Waals surface area contributed by atoms with Gasteiger partial charge >= 0.3 is 12.0 Å². The van der Waals surface area contributed by atoms with Crippen molar-refractivity contribution in [2.75, 3.05) is 32.8 Å². The molecule has 0 saturated heterocycles. The molecule has 0 spiro atoms. The normalized spacial score (nSPS) is 17.6. The van der Waals surface area contributed by atoms with Gasteiger partial charge in [0.1, 0.15) is 18.5 Å². The number of likely N-dealkylation sites (N-methyl/N-ethyl adjacent to an activating group) is 1. The van der Waals surface area contributed by atoms with Gasteiger partial charge in [0.15, 0.2) is 0 Å². The maximum atomic E-state index is 12.4. The molecule has 1 heterocycles. The number of hydrogen-bond acceptors (Lipinski definition) is 6. The number of carbonyl (C=O) groups excluding carboxylic acids is 2. The molecule has 8 heteroatoms. The number of nitrogens with one attached hydrogen (secondary N) is 2. The van der Waals surface area contributed by atoms with Crippen LogP contribution in [-0.2, 0) is 9.53 Å². The number of amides is 2. The number of allylic oxidation sites excluding steroid dienone is 1. The van der Waals surface area contributed by atoms with Crippen LogP contribution in [0.15, 0.2) is 35.5 Å². The maximum Gasteiger partial charge on any atom is 0.338 e. The van der Waals surface area contributed by atoms with Gasteiger partial charge in [-0.15, -0.1) is 0 Å². The van der Waals surface area contributed by atoms with Crippen LogP contribution in [-0.4, -0.2) is 61.0 Å². The first-order chi connectivity index (χ1) is 13.9. The molecule has 3 N–H and O–H groups in total. The van der Waals surface area contributed by atoms with Crippen LogP contribution in [0.25, 0.3) is 0 Å². The third-order valence-corrected chi connectivity index (χ3v) is 4.78. The lowest BCUT2D eigenvalue weighted by Gasteiger charge is -2.28. The van der Waals surface area contributed by atoms with Crippen LogP contribution in [0.2, 0.25) is 0 Å². The van der Waals surface area contributed by atoms with Crippen molar-refractivity contribution in [2.24, 2.45) is 0 Å². The number of hydrogen-bond donors (Lipinski definition) is 3. The smallest absolute Gasteiger partial charge is 0.338 e. The van der Waals surface area contributed by atoms with Crippen LogP contribution in [0.5, 0.6) is 5.75 Å². The average molecular weight is 405 g/mol. The number of ether oxygens (including phenoxy) is 2. The Bertz CT molecular complexity index is 728. The summed E-state index contributed by atoms with van der Waals surface area (Å²) in [6.07, 6.45) is -0.584. The molecule has 8 nitrogen and oxygen atoms in total. The predicted molar refractivity (Wildman–Crippen MR) is 109 cm³/mol. The van der Waals surface area contributed by atoms with E-state index in [0.29, 0.717) is 23.6 Å². The molecule has 1 aliphatic heterocycles. The van der Waals surface area contributed by atoms with Crippen molar-refractivity contribution in [1.82, 2.24) is 15.5 Å². The summed E-state index contributed by atoms with van der Waals surface area (Å²) >= 11 is 0. The number of rotatable bonds is 10. The van der Waals surface area contributed by atoms with Gasteiger partial charge in [0, 0.05) is 12.2 Å². The van der Waals surface area contributed by atoms with E-state index in [1.54, 1.807) is 38.1 Å². The fourth-order valence-corrected chi connectivity index (χ4v) is 3.20. The zero-order valence-corrected chi connectivity index (χ0v) is 17.5. The van der Waals surface area contributed by atoms with E-state index in [1.807, 2.05) is 0 Å². The number of nitrogens with zero attached hydrogens (tertiary/aromatic N) is 1. The summed E-state index contributed by atoms with van der Waals surface area (Å²) in [5.41, 5.74) is 1.57. The minimum absolute atomic E-state index is 0.188. The Balaban J connectivity index is 2.07. The van der Waals surface area contributed by atoms with E-state index in [2.05, 4.69) is 29.4 Å².